The first-order valence-electron chi connectivity index (χ1n) is 11.8. The predicted octanol–water partition coefficient (Wildman–Crippen LogP) is 2.81. The van der Waals surface area contributed by atoms with E-state index in [2.05, 4.69) is 39.2 Å². The molecule has 186 valence electrons. The first-order chi connectivity index (χ1) is 16.7. The van der Waals surface area contributed by atoms with Gasteiger partial charge in [0.25, 0.3) is 0 Å². The molecule has 2 amide bonds. The molecule has 3 atom stereocenters. The van der Waals surface area contributed by atoms with Crippen LogP contribution in [0.1, 0.15) is 38.3 Å². The summed E-state index contributed by atoms with van der Waals surface area (Å²) in [6.07, 6.45) is 4.69. The molecule has 35 heavy (non-hydrogen) atoms. The number of amides is 2. The molecule has 0 bridgehead atoms. The molecule has 0 saturated carbocycles. The molecule has 3 heterocycles. The summed E-state index contributed by atoms with van der Waals surface area (Å²) in [7, 11) is 4.03. The summed E-state index contributed by atoms with van der Waals surface area (Å²) in [5.41, 5.74) is 7.71. The number of nitrogens with two attached hydrogens (primary N) is 1. The van der Waals surface area contributed by atoms with Crippen molar-refractivity contribution in [3.05, 3.63) is 42.2 Å². The fraction of sp³-hybridized carbons (Fsp3) is 0.440. The monoisotopic (exact) mass is 479 g/mol. The second kappa shape index (κ2) is 10.3. The van der Waals surface area contributed by atoms with Gasteiger partial charge in [-0.25, -0.2) is 4.98 Å². The third kappa shape index (κ3) is 5.37. The number of piperidine rings is 1. The van der Waals surface area contributed by atoms with Gasteiger partial charge in [0.15, 0.2) is 0 Å². The average molecular weight is 480 g/mol. The number of likely N-dealkylation sites (N-methyl/N-ethyl adjacent to an activating group) is 1. The number of anilines is 2. The van der Waals surface area contributed by atoms with Crippen LogP contribution in [-0.2, 0) is 9.59 Å². The van der Waals surface area contributed by atoms with Crippen molar-refractivity contribution in [1.29, 1.82) is 0 Å². The van der Waals surface area contributed by atoms with Crippen molar-refractivity contribution in [1.82, 2.24) is 25.0 Å². The minimum absolute atomic E-state index is 0.212. The van der Waals surface area contributed by atoms with Gasteiger partial charge in [0, 0.05) is 12.6 Å². The van der Waals surface area contributed by atoms with Crippen LogP contribution in [0.3, 0.4) is 0 Å². The zero-order valence-corrected chi connectivity index (χ0v) is 20.6. The summed E-state index contributed by atoms with van der Waals surface area (Å²) in [4.78, 5) is 34.2. The minimum atomic E-state index is -0.723. The number of nitrogens with zero attached hydrogens (tertiary/aromatic N) is 4. The number of ether oxygens (including phenoxy) is 1. The molecule has 4 rings (SSSR count). The van der Waals surface area contributed by atoms with Crippen molar-refractivity contribution in [3.8, 4) is 5.75 Å². The van der Waals surface area contributed by atoms with Gasteiger partial charge < -0.3 is 25.6 Å². The zero-order chi connectivity index (χ0) is 25.1. The molecular formula is C25H33N7O3. The van der Waals surface area contributed by atoms with Gasteiger partial charge in [0.05, 0.1) is 35.0 Å². The fourth-order valence-corrected chi connectivity index (χ4v) is 4.26. The summed E-state index contributed by atoms with van der Waals surface area (Å²) < 4.78 is 6.00. The molecule has 0 unspecified atom stereocenters. The van der Waals surface area contributed by atoms with Gasteiger partial charge in [-0.2, -0.15) is 5.10 Å². The third-order valence-corrected chi connectivity index (χ3v) is 6.65. The Morgan fingerprint density at radius 1 is 1.31 bits per heavy atom. The van der Waals surface area contributed by atoms with Gasteiger partial charge in [-0.05, 0) is 57.5 Å². The highest BCUT2D eigenvalue weighted by molar-refractivity contribution is 6.40. The largest absolute Gasteiger partial charge is 0.492 e. The van der Waals surface area contributed by atoms with Crippen LogP contribution in [0.15, 0.2) is 36.7 Å². The van der Waals surface area contributed by atoms with Crippen molar-refractivity contribution >= 4 is 34.2 Å². The number of benzene rings is 1. The molecule has 2 aromatic heterocycles. The van der Waals surface area contributed by atoms with Crippen molar-refractivity contribution < 1.29 is 14.3 Å². The van der Waals surface area contributed by atoms with Gasteiger partial charge >= 0.3 is 11.8 Å². The summed E-state index contributed by atoms with van der Waals surface area (Å²) in [5, 5.41) is 10.0. The molecule has 1 fully saturated rings. The molecule has 0 radical (unpaired) electrons. The smallest absolute Gasteiger partial charge is 0.314 e. The van der Waals surface area contributed by atoms with E-state index in [1.807, 2.05) is 38.4 Å². The van der Waals surface area contributed by atoms with Crippen LogP contribution >= 0.6 is 0 Å². The van der Waals surface area contributed by atoms with Gasteiger partial charge in [-0.15, -0.1) is 0 Å². The summed E-state index contributed by atoms with van der Waals surface area (Å²) in [6, 6.07) is 7.86. The maximum absolute atomic E-state index is 13.4. The molecule has 1 aromatic carbocycles. The molecule has 4 N–H and O–H groups in total. The van der Waals surface area contributed by atoms with Crippen LogP contribution in [0.4, 0.5) is 11.5 Å². The second-order valence-electron chi connectivity index (χ2n) is 9.52. The quantitative estimate of drug-likeness (QED) is 0.464. The maximum atomic E-state index is 13.4. The number of nitrogen functional groups attached to an aromatic ring is 1. The lowest BCUT2D eigenvalue weighted by Gasteiger charge is -2.38. The van der Waals surface area contributed by atoms with Crippen molar-refractivity contribution in [3.63, 3.8) is 0 Å². The average Bonchev–Trinajstić information content (AvgIpc) is 3.35. The molecule has 1 saturated heterocycles. The SMILES string of the molecule is C[C@H]1CC[C@H](c2cccc(OC[C@@H](C)N(C)C)c2)N(C(=O)C(=O)Nc2cnc(N)c3cn[nH]c23)C1. The van der Waals surface area contributed by atoms with Crippen molar-refractivity contribution in [2.24, 2.45) is 5.92 Å². The van der Waals surface area contributed by atoms with Crippen LogP contribution in [0.2, 0.25) is 0 Å². The lowest BCUT2D eigenvalue weighted by Crippen LogP contribution is -2.46. The molecular weight excluding hydrogens is 446 g/mol. The van der Waals surface area contributed by atoms with E-state index in [1.54, 1.807) is 4.90 Å². The van der Waals surface area contributed by atoms with E-state index in [0.717, 1.165) is 24.2 Å². The van der Waals surface area contributed by atoms with E-state index in [0.29, 0.717) is 41.5 Å². The number of nitrogens with one attached hydrogen (secondary N) is 2. The number of carbonyl (C=O) groups is 2. The number of carbonyl (C=O) groups excluding carboxylic acids is 2. The Morgan fingerprint density at radius 2 is 2.11 bits per heavy atom. The first-order valence-corrected chi connectivity index (χ1v) is 11.8. The number of likely N-dealkylation sites (tertiary alicyclic amines) is 1. The Labute approximate surface area is 204 Å². The Balaban J connectivity index is 1.52. The number of pyridine rings is 1. The van der Waals surface area contributed by atoms with Crippen molar-refractivity contribution in [2.45, 2.75) is 38.8 Å². The number of rotatable bonds is 6. The summed E-state index contributed by atoms with van der Waals surface area (Å²) >= 11 is 0. The van der Waals surface area contributed by atoms with Gasteiger partial charge in [-0.1, -0.05) is 19.1 Å². The van der Waals surface area contributed by atoms with E-state index >= 15 is 0 Å². The molecule has 0 aliphatic carbocycles. The van der Waals surface area contributed by atoms with Crippen LogP contribution in [0.5, 0.6) is 5.75 Å². The molecule has 10 nitrogen and oxygen atoms in total. The van der Waals surface area contributed by atoms with E-state index in [-0.39, 0.29) is 12.1 Å². The Kier molecular flexibility index (Phi) is 7.20. The lowest BCUT2D eigenvalue weighted by molar-refractivity contribution is -0.146. The number of fused-ring (bicyclic) bond motifs is 1. The van der Waals surface area contributed by atoms with E-state index in [1.165, 1.54) is 12.4 Å². The Hall–Kier alpha value is -3.66. The maximum Gasteiger partial charge on any atom is 0.314 e. The normalized spacial score (nSPS) is 19.1. The number of aromatic nitrogens is 3. The Bertz CT molecular complexity index is 1210. The van der Waals surface area contributed by atoms with Gasteiger partial charge in [0.1, 0.15) is 18.2 Å². The highest BCUT2D eigenvalue weighted by atomic mass is 16.5. The number of aromatic amines is 1. The summed E-state index contributed by atoms with van der Waals surface area (Å²) in [6.45, 7) is 5.24. The number of H-pyrrole nitrogens is 1. The lowest BCUT2D eigenvalue weighted by atomic mass is 9.89. The first kappa shape index (κ1) is 24.5. The zero-order valence-electron chi connectivity index (χ0n) is 20.6. The highest BCUT2D eigenvalue weighted by Gasteiger charge is 2.34. The van der Waals surface area contributed by atoms with E-state index < -0.39 is 11.8 Å². The highest BCUT2D eigenvalue weighted by Crippen LogP contribution is 2.35. The van der Waals surface area contributed by atoms with Crippen LogP contribution in [-0.4, -0.2) is 70.1 Å². The minimum Gasteiger partial charge on any atom is -0.492 e. The predicted molar refractivity (Wildman–Crippen MR) is 135 cm³/mol. The number of hydrogen-bond donors (Lipinski definition) is 3. The van der Waals surface area contributed by atoms with Gasteiger partial charge in [0.2, 0.25) is 0 Å². The summed E-state index contributed by atoms with van der Waals surface area (Å²) in [5.74, 6) is 0.0320. The molecule has 1 aliphatic heterocycles. The topological polar surface area (TPSA) is 129 Å². The van der Waals surface area contributed by atoms with Crippen LogP contribution in [0, 0.1) is 5.92 Å². The second-order valence-corrected chi connectivity index (χ2v) is 9.52. The molecule has 10 heteroatoms. The third-order valence-electron chi connectivity index (χ3n) is 6.65. The number of hydrogen-bond acceptors (Lipinski definition) is 7. The molecule has 3 aromatic rings. The van der Waals surface area contributed by atoms with E-state index in [9.17, 15) is 9.59 Å². The Morgan fingerprint density at radius 3 is 2.89 bits per heavy atom. The molecule has 1 aliphatic rings. The van der Waals surface area contributed by atoms with Crippen LogP contribution in [0.25, 0.3) is 10.9 Å². The van der Waals surface area contributed by atoms with Crippen LogP contribution < -0.4 is 15.8 Å². The molecule has 0 spiro atoms. The van der Waals surface area contributed by atoms with E-state index in [4.69, 9.17) is 10.5 Å². The van der Waals surface area contributed by atoms with Crippen molar-refractivity contribution in [2.75, 3.05) is 38.3 Å². The standard InChI is InChI=1S/C25H33N7O3/c1-15-8-9-21(17-6-5-7-18(10-17)35-14-16(2)31(3)4)32(13-15)25(34)24(33)29-20-12-27-23(26)19-11-28-30-22(19)20/h5-7,10-12,15-16,21H,8-9,13-14H2,1-4H3,(H2,26,27)(H,28,30)(H,29,33)/t15-,16+,21+/m0/s1. The fourth-order valence-electron chi connectivity index (χ4n) is 4.26. The van der Waals surface area contributed by atoms with Gasteiger partial charge in [-0.3, -0.25) is 14.7 Å².